The third kappa shape index (κ3) is 4.43. The number of ether oxygens (including phenoxy) is 1. The first-order valence-corrected chi connectivity index (χ1v) is 3.78. The zero-order chi connectivity index (χ0) is 8.69. The second-order valence-electron chi connectivity index (χ2n) is 2.28. The van der Waals surface area contributed by atoms with E-state index in [0.29, 0.717) is 0 Å². The molecule has 0 atom stereocenters. The molecule has 1 nitrogen and oxygen atoms in total. The fraction of sp³-hybridized carbons (Fsp3) is 0.400. The summed E-state index contributed by atoms with van der Waals surface area (Å²) in [6.07, 6.45) is 6.84. The number of allylic oxidation sites excluding steroid dienone is 5. The van der Waals surface area contributed by atoms with Gasteiger partial charge in [0.1, 0.15) is 0 Å². The molecule has 0 unspecified atom stereocenters. The standard InChI is InChI=1S/C10H16O/c1-5-10(6-2)8-7-9(3)11-4/h5,7-8H,1,6H2,2-4H3/b9-7+,10-8+. The highest BCUT2D eigenvalue weighted by Crippen LogP contribution is 2.03. The monoisotopic (exact) mass is 152 g/mol. The van der Waals surface area contributed by atoms with E-state index in [2.05, 4.69) is 13.5 Å². The molecule has 0 aromatic rings. The molecule has 0 saturated carbocycles. The van der Waals surface area contributed by atoms with Crippen molar-refractivity contribution < 1.29 is 4.74 Å². The molecular weight excluding hydrogens is 136 g/mol. The minimum absolute atomic E-state index is 0.915. The molecule has 1 heteroatoms. The quantitative estimate of drug-likeness (QED) is 0.444. The molecule has 0 bridgehead atoms. The Bertz CT molecular complexity index is 175. The van der Waals surface area contributed by atoms with Crippen molar-refractivity contribution in [1.29, 1.82) is 0 Å². The van der Waals surface area contributed by atoms with Crippen LogP contribution in [0.1, 0.15) is 20.3 Å². The Morgan fingerprint density at radius 1 is 1.45 bits per heavy atom. The molecule has 0 aromatic heterocycles. The van der Waals surface area contributed by atoms with Gasteiger partial charge in [-0.15, -0.1) is 0 Å². The van der Waals surface area contributed by atoms with Crippen molar-refractivity contribution in [2.75, 3.05) is 7.11 Å². The second-order valence-corrected chi connectivity index (χ2v) is 2.28. The van der Waals surface area contributed by atoms with Crippen LogP contribution in [0.4, 0.5) is 0 Å². The van der Waals surface area contributed by atoms with E-state index in [9.17, 15) is 0 Å². The lowest BCUT2D eigenvalue weighted by Crippen LogP contribution is -1.78. The Hall–Kier alpha value is -0.980. The summed E-state index contributed by atoms with van der Waals surface area (Å²) in [6, 6.07) is 0. The van der Waals surface area contributed by atoms with Crippen LogP contribution in [0.25, 0.3) is 0 Å². The Kier molecular flexibility index (Phi) is 5.26. The van der Waals surface area contributed by atoms with Crippen molar-refractivity contribution in [3.8, 4) is 0 Å². The summed E-state index contributed by atoms with van der Waals surface area (Å²) in [5.74, 6) is 0.915. The van der Waals surface area contributed by atoms with Crippen LogP contribution in [0.15, 0.2) is 36.1 Å². The molecule has 0 aliphatic carbocycles. The highest BCUT2D eigenvalue weighted by atomic mass is 16.5. The van der Waals surface area contributed by atoms with Gasteiger partial charge in [-0.05, 0) is 25.0 Å². The van der Waals surface area contributed by atoms with Crippen molar-refractivity contribution in [2.24, 2.45) is 0 Å². The predicted octanol–water partition coefficient (Wildman–Crippen LogP) is 3.06. The largest absolute Gasteiger partial charge is 0.501 e. The number of hydrogen-bond donors (Lipinski definition) is 0. The van der Waals surface area contributed by atoms with Crippen LogP contribution in [-0.2, 0) is 4.74 Å². The second kappa shape index (κ2) is 5.78. The summed E-state index contributed by atoms with van der Waals surface area (Å²) in [5.41, 5.74) is 1.22. The van der Waals surface area contributed by atoms with Crippen molar-refractivity contribution in [3.05, 3.63) is 36.1 Å². The Balaban J connectivity index is 4.17. The summed E-state index contributed by atoms with van der Waals surface area (Å²) in [7, 11) is 1.67. The molecule has 62 valence electrons. The summed E-state index contributed by atoms with van der Waals surface area (Å²) < 4.78 is 4.97. The summed E-state index contributed by atoms with van der Waals surface area (Å²) >= 11 is 0. The van der Waals surface area contributed by atoms with Gasteiger partial charge in [0.25, 0.3) is 0 Å². The van der Waals surface area contributed by atoms with Gasteiger partial charge in [0.2, 0.25) is 0 Å². The van der Waals surface area contributed by atoms with Crippen LogP contribution >= 0.6 is 0 Å². The molecule has 11 heavy (non-hydrogen) atoms. The van der Waals surface area contributed by atoms with Gasteiger partial charge in [-0.1, -0.05) is 25.7 Å². The van der Waals surface area contributed by atoms with E-state index >= 15 is 0 Å². The van der Waals surface area contributed by atoms with Gasteiger partial charge in [-0.2, -0.15) is 0 Å². The first-order chi connectivity index (χ1) is 5.24. The smallest absolute Gasteiger partial charge is 0.0924 e. The molecule has 0 N–H and O–H groups in total. The topological polar surface area (TPSA) is 9.23 Å². The van der Waals surface area contributed by atoms with Crippen molar-refractivity contribution in [1.82, 2.24) is 0 Å². The van der Waals surface area contributed by atoms with Crippen LogP contribution in [0.2, 0.25) is 0 Å². The van der Waals surface area contributed by atoms with Crippen LogP contribution in [-0.4, -0.2) is 7.11 Å². The summed E-state index contributed by atoms with van der Waals surface area (Å²) in [4.78, 5) is 0. The van der Waals surface area contributed by atoms with Crippen LogP contribution in [0.5, 0.6) is 0 Å². The number of hydrogen-bond acceptors (Lipinski definition) is 1. The van der Waals surface area contributed by atoms with E-state index in [1.807, 2.05) is 25.2 Å². The highest BCUT2D eigenvalue weighted by Gasteiger charge is 1.84. The van der Waals surface area contributed by atoms with E-state index in [0.717, 1.165) is 12.2 Å². The number of rotatable bonds is 4. The molecule has 0 aliphatic rings. The van der Waals surface area contributed by atoms with Crippen molar-refractivity contribution >= 4 is 0 Å². The highest BCUT2D eigenvalue weighted by molar-refractivity contribution is 5.22. The van der Waals surface area contributed by atoms with Gasteiger partial charge >= 0.3 is 0 Å². The first kappa shape index (κ1) is 10.0. The van der Waals surface area contributed by atoms with Crippen LogP contribution < -0.4 is 0 Å². The molecule has 0 fully saturated rings. The zero-order valence-electron chi connectivity index (χ0n) is 7.55. The number of methoxy groups -OCH3 is 1. The lowest BCUT2D eigenvalue weighted by Gasteiger charge is -1.96. The molecule has 0 aliphatic heterocycles. The first-order valence-electron chi connectivity index (χ1n) is 3.78. The molecule has 0 saturated heterocycles. The SMILES string of the molecule is C=C/C(=C\C=C(/C)OC)CC. The van der Waals surface area contributed by atoms with E-state index < -0.39 is 0 Å². The Labute approximate surface area is 69.1 Å². The van der Waals surface area contributed by atoms with E-state index in [-0.39, 0.29) is 0 Å². The zero-order valence-corrected chi connectivity index (χ0v) is 7.55. The molecule has 0 rings (SSSR count). The lowest BCUT2D eigenvalue weighted by molar-refractivity contribution is 0.294. The lowest BCUT2D eigenvalue weighted by atomic mass is 10.2. The fourth-order valence-electron chi connectivity index (χ4n) is 0.623. The molecule has 0 amide bonds. The minimum Gasteiger partial charge on any atom is -0.501 e. The minimum atomic E-state index is 0.915. The van der Waals surface area contributed by atoms with Gasteiger partial charge < -0.3 is 4.74 Å². The third-order valence-corrected chi connectivity index (χ3v) is 1.52. The maximum Gasteiger partial charge on any atom is 0.0924 e. The van der Waals surface area contributed by atoms with Gasteiger partial charge in [0.05, 0.1) is 12.9 Å². The summed E-state index contributed by atoms with van der Waals surface area (Å²) in [6.45, 7) is 7.72. The van der Waals surface area contributed by atoms with E-state index in [4.69, 9.17) is 4.74 Å². The predicted molar refractivity (Wildman–Crippen MR) is 49.3 cm³/mol. The van der Waals surface area contributed by atoms with Gasteiger partial charge in [0, 0.05) is 0 Å². The summed E-state index contributed by atoms with van der Waals surface area (Å²) in [5, 5.41) is 0. The normalized spacial score (nSPS) is 13.0. The van der Waals surface area contributed by atoms with Crippen molar-refractivity contribution in [3.63, 3.8) is 0 Å². The van der Waals surface area contributed by atoms with Gasteiger partial charge in [-0.3, -0.25) is 0 Å². The molecule has 0 spiro atoms. The van der Waals surface area contributed by atoms with E-state index in [1.54, 1.807) is 7.11 Å². The Morgan fingerprint density at radius 2 is 2.09 bits per heavy atom. The van der Waals surface area contributed by atoms with Crippen molar-refractivity contribution in [2.45, 2.75) is 20.3 Å². The average Bonchev–Trinajstić information content (AvgIpc) is 2.06. The molecular formula is C10H16O. The third-order valence-electron chi connectivity index (χ3n) is 1.52. The fourth-order valence-corrected chi connectivity index (χ4v) is 0.623. The van der Waals surface area contributed by atoms with Gasteiger partial charge in [0.15, 0.2) is 0 Å². The van der Waals surface area contributed by atoms with Crippen LogP contribution in [0, 0.1) is 0 Å². The molecule has 0 radical (unpaired) electrons. The molecule has 0 aromatic carbocycles. The van der Waals surface area contributed by atoms with E-state index in [1.165, 1.54) is 5.57 Å². The average molecular weight is 152 g/mol. The maximum absolute atomic E-state index is 4.97. The Morgan fingerprint density at radius 3 is 2.45 bits per heavy atom. The van der Waals surface area contributed by atoms with Crippen LogP contribution in [0.3, 0.4) is 0 Å². The van der Waals surface area contributed by atoms with Gasteiger partial charge in [-0.25, -0.2) is 0 Å². The molecule has 0 heterocycles. The maximum atomic E-state index is 4.97.